The third-order valence-corrected chi connectivity index (χ3v) is 5.07. The van der Waals surface area contributed by atoms with Crippen LogP contribution in [-0.4, -0.2) is 84.9 Å². The lowest BCUT2D eigenvalue weighted by Gasteiger charge is -2.34. The van der Waals surface area contributed by atoms with Crippen LogP contribution < -0.4 is 4.74 Å². The molecule has 0 amide bonds. The van der Waals surface area contributed by atoms with Crippen LogP contribution >= 0.6 is 0 Å². The van der Waals surface area contributed by atoms with Crippen LogP contribution in [0.5, 0.6) is 5.75 Å². The Bertz CT molecular complexity index is 570. The predicted octanol–water partition coefficient (Wildman–Crippen LogP) is 2.46. The molecule has 1 unspecified atom stereocenters. The molecular weight excluding hydrogens is 338 g/mol. The van der Waals surface area contributed by atoms with Crippen molar-refractivity contribution in [1.82, 2.24) is 14.7 Å². The van der Waals surface area contributed by atoms with Gasteiger partial charge in [0.15, 0.2) is 0 Å². The second-order valence-corrected chi connectivity index (χ2v) is 7.61. The zero-order chi connectivity index (χ0) is 19.6. The minimum absolute atomic E-state index is 0.334. The first-order valence-corrected chi connectivity index (χ1v) is 10.2. The van der Waals surface area contributed by atoms with E-state index in [0.717, 1.165) is 58.1 Å². The van der Waals surface area contributed by atoms with E-state index in [1.807, 2.05) is 12.1 Å². The van der Waals surface area contributed by atoms with E-state index in [-0.39, 0.29) is 0 Å². The van der Waals surface area contributed by atoms with Gasteiger partial charge in [0.05, 0.1) is 0 Å². The standard InChI is InChI=1S/C22H37N3O2/c1-5-23-10-12-25(13-11-23)17-21(26)18-27-22-9-7-8-20(14-22)16-24(6-2)15-19(3)4/h7-9,14,21,26H,3,5-6,10-13,15-18H2,1-2,4H3. The Kier molecular flexibility index (Phi) is 9.28. The second-order valence-electron chi connectivity index (χ2n) is 7.61. The van der Waals surface area contributed by atoms with Crippen LogP contribution in [0.4, 0.5) is 0 Å². The monoisotopic (exact) mass is 375 g/mol. The lowest BCUT2D eigenvalue weighted by Crippen LogP contribution is -2.49. The zero-order valence-corrected chi connectivity index (χ0v) is 17.4. The molecule has 1 heterocycles. The van der Waals surface area contributed by atoms with Gasteiger partial charge in [-0.15, -0.1) is 0 Å². The molecule has 2 rings (SSSR count). The average molecular weight is 376 g/mol. The lowest BCUT2D eigenvalue weighted by molar-refractivity contribution is 0.0470. The summed E-state index contributed by atoms with van der Waals surface area (Å²) in [5.41, 5.74) is 2.40. The third kappa shape index (κ3) is 8.01. The van der Waals surface area contributed by atoms with Gasteiger partial charge in [-0.25, -0.2) is 0 Å². The normalized spacial score (nSPS) is 17.2. The predicted molar refractivity (Wildman–Crippen MR) is 112 cm³/mol. The van der Waals surface area contributed by atoms with Crippen LogP contribution in [0.25, 0.3) is 0 Å². The minimum Gasteiger partial charge on any atom is -0.491 e. The van der Waals surface area contributed by atoms with Gasteiger partial charge in [-0.3, -0.25) is 9.80 Å². The van der Waals surface area contributed by atoms with Crippen molar-refractivity contribution >= 4 is 0 Å². The Balaban J connectivity index is 1.77. The molecule has 0 saturated carbocycles. The Morgan fingerprint density at radius 3 is 2.56 bits per heavy atom. The Morgan fingerprint density at radius 2 is 1.93 bits per heavy atom. The first kappa shape index (κ1) is 21.9. The summed E-state index contributed by atoms with van der Waals surface area (Å²) in [6.07, 6.45) is -0.461. The van der Waals surface area contributed by atoms with Crippen molar-refractivity contribution < 1.29 is 9.84 Å². The highest BCUT2D eigenvalue weighted by Crippen LogP contribution is 2.16. The molecule has 0 spiro atoms. The molecule has 1 aromatic rings. The molecule has 0 bridgehead atoms. The smallest absolute Gasteiger partial charge is 0.119 e. The number of β-amino-alcohol motifs (C(OH)–C–C–N with tert-alkyl or cyclic N) is 1. The maximum Gasteiger partial charge on any atom is 0.119 e. The van der Waals surface area contributed by atoms with E-state index in [1.54, 1.807) is 0 Å². The van der Waals surface area contributed by atoms with Crippen LogP contribution in [0.3, 0.4) is 0 Å². The maximum absolute atomic E-state index is 10.3. The molecule has 1 aliphatic rings. The lowest BCUT2D eigenvalue weighted by atomic mass is 10.2. The summed E-state index contributed by atoms with van der Waals surface area (Å²) in [4.78, 5) is 7.12. The van der Waals surface area contributed by atoms with Crippen molar-refractivity contribution in [2.45, 2.75) is 33.4 Å². The van der Waals surface area contributed by atoms with E-state index >= 15 is 0 Å². The molecule has 1 aromatic carbocycles. The van der Waals surface area contributed by atoms with E-state index in [0.29, 0.717) is 13.2 Å². The summed E-state index contributed by atoms with van der Waals surface area (Å²) < 4.78 is 5.87. The van der Waals surface area contributed by atoms with Crippen LogP contribution in [0.1, 0.15) is 26.3 Å². The van der Waals surface area contributed by atoms with Gasteiger partial charge < -0.3 is 14.7 Å². The van der Waals surface area contributed by atoms with Crippen molar-refractivity contribution in [2.24, 2.45) is 0 Å². The first-order valence-electron chi connectivity index (χ1n) is 10.2. The van der Waals surface area contributed by atoms with E-state index in [4.69, 9.17) is 4.74 Å². The third-order valence-electron chi connectivity index (χ3n) is 5.07. The Hall–Kier alpha value is -1.40. The molecule has 5 heteroatoms. The summed E-state index contributed by atoms with van der Waals surface area (Å²) >= 11 is 0. The zero-order valence-electron chi connectivity index (χ0n) is 17.4. The molecule has 1 atom stereocenters. The summed E-state index contributed by atoms with van der Waals surface area (Å²) in [5, 5.41) is 10.3. The average Bonchev–Trinajstić information content (AvgIpc) is 2.66. The number of hydrogen-bond acceptors (Lipinski definition) is 5. The number of piperazine rings is 1. The van der Waals surface area contributed by atoms with Gasteiger partial charge in [-0.05, 0) is 37.7 Å². The summed E-state index contributed by atoms with van der Waals surface area (Å²) in [5.74, 6) is 0.828. The molecule has 0 aromatic heterocycles. The van der Waals surface area contributed by atoms with E-state index in [2.05, 4.69) is 54.2 Å². The van der Waals surface area contributed by atoms with Crippen molar-refractivity contribution in [3.05, 3.63) is 42.0 Å². The van der Waals surface area contributed by atoms with Crippen LogP contribution in [0.2, 0.25) is 0 Å². The van der Waals surface area contributed by atoms with Gasteiger partial charge in [-0.2, -0.15) is 0 Å². The Labute approximate surface area is 165 Å². The van der Waals surface area contributed by atoms with Crippen molar-refractivity contribution in [1.29, 1.82) is 0 Å². The van der Waals surface area contributed by atoms with Crippen LogP contribution in [0.15, 0.2) is 36.4 Å². The second kappa shape index (κ2) is 11.4. The Morgan fingerprint density at radius 1 is 1.22 bits per heavy atom. The summed E-state index contributed by atoms with van der Waals surface area (Å²) in [7, 11) is 0. The number of aliphatic hydroxyl groups is 1. The minimum atomic E-state index is -0.461. The maximum atomic E-state index is 10.3. The van der Waals surface area contributed by atoms with Gasteiger partial charge in [0.1, 0.15) is 18.5 Å². The molecule has 1 saturated heterocycles. The van der Waals surface area contributed by atoms with Crippen molar-refractivity contribution in [3.63, 3.8) is 0 Å². The number of aliphatic hydroxyl groups excluding tert-OH is 1. The highest BCUT2D eigenvalue weighted by molar-refractivity contribution is 5.28. The van der Waals surface area contributed by atoms with Crippen molar-refractivity contribution in [3.8, 4) is 5.75 Å². The van der Waals surface area contributed by atoms with Gasteiger partial charge in [0.25, 0.3) is 0 Å². The largest absolute Gasteiger partial charge is 0.491 e. The van der Waals surface area contributed by atoms with E-state index < -0.39 is 6.10 Å². The molecule has 5 nitrogen and oxygen atoms in total. The molecule has 27 heavy (non-hydrogen) atoms. The quantitative estimate of drug-likeness (QED) is 0.602. The van der Waals surface area contributed by atoms with Gasteiger partial charge in [0.2, 0.25) is 0 Å². The van der Waals surface area contributed by atoms with Gasteiger partial charge in [0, 0.05) is 45.8 Å². The number of likely N-dealkylation sites (N-methyl/N-ethyl adjacent to an activating group) is 2. The van der Waals surface area contributed by atoms with E-state index in [1.165, 1.54) is 11.1 Å². The molecule has 0 aliphatic carbocycles. The number of nitrogens with zero attached hydrogens (tertiary/aromatic N) is 3. The highest BCUT2D eigenvalue weighted by Gasteiger charge is 2.18. The molecule has 1 aliphatic heterocycles. The molecule has 152 valence electrons. The number of ether oxygens (including phenoxy) is 1. The topological polar surface area (TPSA) is 39.2 Å². The first-order chi connectivity index (χ1) is 13.0. The summed E-state index contributed by atoms with van der Waals surface area (Å²) in [6.45, 7) is 19.6. The SMILES string of the molecule is C=C(C)CN(CC)Cc1cccc(OCC(O)CN2CCN(CC)CC2)c1. The van der Waals surface area contributed by atoms with Crippen LogP contribution in [-0.2, 0) is 6.54 Å². The fourth-order valence-corrected chi connectivity index (χ4v) is 3.48. The van der Waals surface area contributed by atoms with Gasteiger partial charge >= 0.3 is 0 Å². The number of hydrogen-bond donors (Lipinski definition) is 1. The van der Waals surface area contributed by atoms with E-state index in [9.17, 15) is 5.11 Å². The molecule has 1 N–H and O–H groups in total. The summed E-state index contributed by atoms with van der Waals surface area (Å²) in [6, 6.07) is 8.19. The highest BCUT2D eigenvalue weighted by atomic mass is 16.5. The van der Waals surface area contributed by atoms with Crippen LogP contribution in [0, 0.1) is 0 Å². The fraction of sp³-hybridized carbons (Fsp3) is 0.636. The van der Waals surface area contributed by atoms with Crippen molar-refractivity contribution in [2.75, 3.05) is 59.0 Å². The molecule has 1 fully saturated rings. The number of rotatable bonds is 11. The molecular formula is C22H37N3O2. The fourth-order valence-electron chi connectivity index (χ4n) is 3.48. The number of benzene rings is 1. The van der Waals surface area contributed by atoms with Gasteiger partial charge in [-0.1, -0.05) is 38.1 Å². The molecule has 0 radical (unpaired) electrons.